The summed E-state index contributed by atoms with van der Waals surface area (Å²) >= 11 is 0. The lowest BCUT2D eigenvalue weighted by Gasteiger charge is -2.24. The highest BCUT2D eigenvalue weighted by Crippen LogP contribution is 2.27. The summed E-state index contributed by atoms with van der Waals surface area (Å²) in [5.74, 6) is 0. The second kappa shape index (κ2) is 3.82. The minimum atomic E-state index is -0.0354. The second-order valence-electron chi connectivity index (χ2n) is 4.97. The van der Waals surface area contributed by atoms with Gasteiger partial charge in [0.2, 0.25) is 0 Å². The van der Waals surface area contributed by atoms with E-state index in [1.54, 1.807) is 0 Å². The van der Waals surface area contributed by atoms with Crippen molar-refractivity contribution in [2.24, 2.45) is 0 Å². The van der Waals surface area contributed by atoms with Crippen LogP contribution in [0.5, 0.6) is 0 Å². The maximum Gasteiger partial charge on any atom is 0.0997 e. The van der Waals surface area contributed by atoms with Crippen LogP contribution in [0.4, 0.5) is 0 Å². The van der Waals surface area contributed by atoms with Gasteiger partial charge in [-0.3, -0.25) is 0 Å². The van der Waals surface area contributed by atoms with Crippen LogP contribution >= 0.6 is 0 Å². The molecule has 0 spiro atoms. The van der Waals surface area contributed by atoms with E-state index in [-0.39, 0.29) is 5.60 Å². The van der Waals surface area contributed by atoms with Gasteiger partial charge in [-0.15, -0.1) is 5.10 Å². The van der Waals surface area contributed by atoms with Crippen LogP contribution < -0.4 is 5.32 Å². The van der Waals surface area contributed by atoms with E-state index in [0.29, 0.717) is 0 Å². The summed E-state index contributed by atoms with van der Waals surface area (Å²) < 4.78 is 7.84. The van der Waals surface area contributed by atoms with Crippen LogP contribution in [0, 0.1) is 0 Å². The maximum atomic E-state index is 5.80. The molecule has 5 heteroatoms. The van der Waals surface area contributed by atoms with Crippen LogP contribution in [0.2, 0.25) is 0 Å². The van der Waals surface area contributed by atoms with Gasteiger partial charge in [0.15, 0.2) is 0 Å². The van der Waals surface area contributed by atoms with Crippen molar-refractivity contribution in [3.63, 3.8) is 0 Å². The lowest BCUT2D eigenvalue weighted by Crippen LogP contribution is -2.32. The smallest absolute Gasteiger partial charge is 0.0997 e. The Morgan fingerprint density at radius 2 is 2.50 bits per heavy atom. The average molecular weight is 222 g/mol. The number of hydrogen-bond acceptors (Lipinski definition) is 4. The van der Waals surface area contributed by atoms with Crippen LogP contribution in [-0.4, -0.2) is 33.7 Å². The summed E-state index contributed by atoms with van der Waals surface area (Å²) in [6.45, 7) is 5.78. The Kier molecular flexibility index (Phi) is 2.44. The minimum absolute atomic E-state index is 0.0354. The maximum absolute atomic E-state index is 5.80. The predicted molar refractivity (Wildman–Crippen MR) is 59.0 cm³/mol. The molecule has 0 saturated carbocycles. The summed E-state index contributed by atoms with van der Waals surface area (Å²) in [6.07, 6.45) is 3.31. The van der Waals surface area contributed by atoms with E-state index >= 15 is 0 Å². The van der Waals surface area contributed by atoms with Gasteiger partial charge in [-0.1, -0.05) is 5.21 Å². The predicted octanol–water partition coefficient (Wildman–Crippen LogP) is 0.493. The molecule has 5 nitrogen and oxygen atoms in total. The molecular formula is C11H18N4O. The van der Waals surface area contributed by atoms with Crippen molar-refractivity contribution in [3.05, 3.63) is 11.4 Å². The van der Waals surface area contributed by atoms with Gasteiger partial charge in [-0.25, -0.2) is 4.68 Å². The Labute approximate surface area is 95.2 Å². The summed E-state index contributed by atoms with van der Waals surface area (Å²) in [4.78, 5) is 0. The molecule has 1 saturated heterocycles. The zero-order valence-electron chi connectivity index (χ0n) is 9.70. The molecule has 0 bridgehead atoms. The fourth-order valence-electron chi connectivity index (χ4n) is 2.60. The Hall–Kier alpha value is -0.940. The summed E-state index contributed by atoms with van der Waals surface area (Å²) in [7, 11) is 0. The average Bonchev–Trinajstić information content (AvgIpc) is 2.87. The van der Waals surface area contributed by atoms with E-state index < -0.39 is 0 Å². The van der Waals surface area contributed by atoms with Crippen molar-refractivity contribution < 1.29 is 4.74 Å². The molecule has 0 aliphatic carbocycles. The van der Waals surface area contributed by atoms with Gasteiger partial charge in [-0.05, 0) is 19.8 Å². The molecule has 0 radical (unpaired) electrons. The first-order chi connectivity index (χ1) is 7.77. The Morgan fingerprint density at radius 3 is 3.31 bits per heavy atom. The molecule has 88 valence electrons. The van der Waals surface area contributed by atoms with E-state index in [1.807, 2.05) is 4.68 Å². The second-order valence-corrected chi connectivity index (χ2v) is 4.97. The summed E-state index contributed by atoms with van der Waals surface area (Å²) in [5.41, 5.74) is 2.36. The molecular weight excluding hydrogens is 204 g/mol. The van der Waals surface area contributed by atoms with E-state index in [2.05, 4.69) is 22.6 Å². The van der Waals surface area contributed by atoms with Crippen LogP contribution in [0.15, 0.2) is 0 Å². The topological polar surface area (TPSA) is 52.0 Å². The number of hydrogen-bond donors (Lipinski definition) is 1. The Balaban J connectivity index is 1.81. The first kappa shape index (κ1) is 10.2. The molecule has 1 atom stereocenters. The molecule has 2 aliphatic rings. The van der Waals surface area contributed by atoms with Gasteiger partial charge < -0.3 is 10.1 Å². The molecule has 1 aromatic heterocycles. The molecule has 1 fully saturated rings. The quantitative estimate of drug-likeness (QED) is 0.791. The number of ether oxygens (including phenoxy) is 1. The van der Waals surface area contributed by atoms with Crippen molar-refractivity contribution in [1.82, 2.24) is 20.3 Å². The van der Waals surface area contributed by atoms with Gasteiger partial charge in [0.25, 0.3) is 0 Å². The zero-order valence-corrected chi connectivity index (χ0v) is 9.70. The monoisotopic (exact) mass is 222 g/mol. The van der Waals surface area contributed by atoms with Crippen LogP contribution in [-0.2, 0) is 24.2 Å². The fourth-order valence-corrected chi connectivity index (χ4v) is 2.60. The lowest BCUT2D eigenvalue weighted by atomic mass is 10.0. The van der Waals surface area contributed by atoms with E-state index in [1.165, 1.54) is 5.69 Å². The van der Waals surface area contributed by atoms with Crippen LogP contribution in [0.25, 0.3) is 0 Å². The Bertz CT molecular complexity index is 381. The lowest BCUT2D eigenvalue weighted by molar-refractivity contribution is 0.00253. The normalized spacial score (nSPS) is 29.3. The Morgan fingerprint density at radius 1 is 1.56 bits per heavy atom. The van der Waals surface area contributed by atoms with Crippen LogP contribution in [0.3, 0.4) is 0 Å². The zero-order chi connectivity index (χ0) is 11.0. The van der Waals surface area contributed by atoms with Crippen LogP contribution in [0.1, 0.15) is 31.2 Å². The minimum Gasteiger partial charge on any atom is -0.373 e. The van der Waals surface area contributed by atoms with Gasteiger partial charge in [0.05, 0.1) is 23.5 Å². The molecule has 1 N–H and O–H groups in total. The number of aromatic nitrogens is 3. The summed E-state index contributed by atoms with van der Waals surface area (Å²) in [6, 6.07) is 0. The largest absolute Gasteiger partial charge is 0.373 e. The van der Waals surface area contributed by atoms with Crippen molar-refractivity contribution in [3.8, 4) is 0 Å². The number of rotatable bonds is 2. The van der Waals surface area contributed by atoms with Gasteiger partial charge in [0, 0.05) is 26.1 Å². The van der Waals surface area contributed by atoms with Gasteiger partial charge in [-0.2, -0.15) is 0 Å². The van der Waals surface area contributed by atoms with E-state index in [0.717, 1.165) is 51.2 Å². The molecule has 1 unspecified atom stereocenters. The molecule has 0 amide bonds. The highest BCUT2D eigenvalue weighted by molar-refractivity contribution is 5.13. The molecule has 3 rings (SSSR count). The third-order valence-corrected chi connectivity index (χ3v) is 3.53. The fraction of sp³-hybridized carbons (Fsp3) is 0.818. The molecule has 1 aromatic rings. The summed E-state index contributed by atoms with van der Waals surface area (Å²) in [5, 5.41) is 11.8. The number of nitrogens with zero attached hydrogens (tertiary/aromatic N) is 3. The molecule has 16 heavy (non-hydrogen) atoms. The first-order valence-electron chi connectivity index (χ1n) is 6.03. The SMILES string of the molecule is CC1(Cn2nnc3c2CCNC3)CCCO1. The van der Waals surface area contributed by atoms with E-state index in [9.17, 15) is 0 Å². The van der Waals surface area contributed by atoms with Crippen molar-refractivity contribution in [1.29, 1.82) is 0 Å². The molecule has 2 aliphatic heterocycles. The third kappa shape index (κ3) is 1.74. The third-order valence-electron chi connectivity index (χ3n) is 3.53. The number of nitrogens with one attached hydrogen (secondary N) is 1. The number of fused-ring (bicyclic) bond motifs is 1. The molecule has 0 aromatic carbocycles. The van der Waals surface area contributed by atoms with E-state index in [4.69, 9.17) is 4.74 Å². The molecule has 3 heterocycles. The van der Waals surface area contributed by atoms with Crippen molar-refractivity contribution in [2.45, 2.75) is 44.9 Å². The highest BCUT2D eigenvalue weighted by Gasteiger charge is 2.32. The highest BCUT2D eigenvalue weighted by atomic mass is 16.5. The first-order valence-corrected chi connectivity index (χ1v) is 6.03. The van der Waals surface area contributed by atoms with Gasteiger partial charge in [0.1, 0.15) is 0 Å². The van der Waals surface area contributed by atoms with Gasteiger partial charge >= 0.3 is 0 Å². The van der Waals surface area contributed by atoms with Crippen molar-refractivity contribution in [2.75, 3.05) is 13.2 Å². The standard InChI is InChI=1S/C11H18N4O/c1-11(4-2-6-16-11)8-15-10-3-5-12-7-9(10)13-14-15/h12H,2-8H2,1H3. The van der Waals surface area contributed by atoms with Crippen molar-refractivity contribution >= 4 is 0 Å².